The lowest BCUT2D eigenvalue weighted by Gasteiger charge is -2.32. The van der Waals surface area contributed by atoms with Crippen molar-refractivity contribution < 1.29 is 4.79 Å². The van der Waals surface area contributed by atoms with Gasteiger partial charge in [-0.1, -0.05) is 0 Å². The third-order valence-electron chi connectivity index (χ3n) is 6.03. The smallest absolute Gasteiger partial charge is 0.140 e. The van der Waals surface area contributed by atoms with E-state index in [2.05, 4.69) is 0 Å². The van der Waals surface area contributed by atoms with Crippen molar-refractivity contribution in [2.45, 2.75) is 12.8 Å². The van der Waals surface area contributed by atoms with E-state index in [1.807, 2.05) is 0 Å². The van der Waals surface area contributed by atoms with Crippen molar-refractivity contribution in [1.29, 1.82) is 0 Å². The fraction of sp³-hybridized carbons (Fsp3) is 0.909. The van der Waals surface area contributed by atoms with E-state index in [4.69, 9.17) is 0 Å². The Morgan fingerprint density at radius 3 is 1.83 bits per heavy atom. The van der Waals surface area contributed by atoms with Gasteiger partial charge >= 0.3 is 0 Å². The van der Waals surface area contributed by atoms with Crippen molar-refractivity contribution >= 4 is 5.78 Å². The molecule has 0 aromatic heterocycles. The Hall–Kier alpha value is -0.330. The first kappa shape index (κ1) is 5.41. The third kappa shape index (κ3) is 0.272. The van der Waals surface area contributed by atoms with E-state index in [-0.39, 0.29) is 0 Å². The molecule has 1 nitrogen and oxygen atoms in total. The molecule has 0 N–H and O–H groups in total. The molecule has 0 aliphatic heterocycles. The van der Waals surface area contributed by atoms with Gasteiger partial charge in [0.05, 0.1) is 0 Å². The van der Waals surface area contributed by atoms with Gasteiger partial charge in [-0.3, -0.25) is 4.79 Å². The highest BCUT2D eigenvalue weighted by Gasteiger charge is 2.80. The van der Waals surface area contributed by atoms with Crippen molar-refractivity contribution in [2.75, 3.05) is 0 Å². The quantitative estimate of drug-likeness (QED) is 0.522. The molecule has 12 heavy (non-hydrogen) atoms. The fourth-order valence-electron chi connectivity index (χ4n) is 6.24. The number of carbonyl (C=O) groups is 1. The Labute approximate surface area is 71.5 Å². The molecule has 0 unspecified atom stereocenters. The molecule has 6 saturated carbocycles. The van der Waals surface area contributed by atoms with E-state index in [9.17, 15) is 4.79 Å². The lowest BCUT2D eigenvalue weighted by molar-refractivity contribution is -0.122. The molecule has 6 aliphatic carbocycles. The first-order valence-electron chi connectivity index (χ1n) is 5.41. The zero-order valence-electron chi connectivity index (χ0n) is 6.94. The van der Waals surface area contributed by atoms with Gasteiger partial charge in [-0.05, 0) is 48.3 Å². The maximum atomic E-state index is 11.9. The standard InChI is InChI=1S/C11H12O/c12-11-9-5-1-3-4-2-6(7(3)9)10(11)8(4)5/h3-10H,1-2H2/t3-,4+,5+,6-,7-,8-,9+,10-/m1/s1. The Balaban J connectivity index is 1.94. The van der Waals surface area contributed by atoms with Gasteiger partial charge in [0, 0.05) is 11.8 Å². The summed E-state index contributed by atoms with van der Waals surface area (Å²) < 4.78 is 0. The van der Waals surface area contributed by atoms with Gasteiger partial charge in [0.15, 0.2) is 0 Å². The highest BCUT2D eigenvalue weighted by Crippen LogP contribution is 2.81. The number of hydrogen-bond acceptors (Lipinski definition) is 1. The van der Waals surface area contributed by atoms with Crippen molar-refractivity contribution in [3.63, 3.8) is 0 Å². The summed E-state index contributed by atoms with van der Waals surface area (Å²) in [4.78, 5) is 11.9. The minimum Gasteiger partial charge on any atom is -0.299 e. The molecule has 0 aromatic carbocycles. The van der Waals surface area contributed by atoms with E-state index < -0.39 is 0 Å². The summed E-state index contributed by atoms with van der Waals surface area (Å²) >= 11 is 0. The van der Waals surface area contributed by atoms with Crippen molar-refractivity contribution in [3.8, 4) is 0 Å². The Bertz CT molecular complexity index is 291. The minimum atomic E-state index is 0.591. The molecule has 0 heterocycles. The molecule has 6 fully saturated rings. The van der Waals surface area contributed by atoms with E-state index in [0.717, 1.165) is 35.5 Å². The van der Waals surface area contributed by atoms with Crippen molar-refractivity contribution in [1.82, 2.24) is 0 Å². The van der Waals surface area contributed by atoms with Gasteiger partial charge in [0.1, 0.15) is 5.78 Å². The lowest BCUT2D eigenvalue weighted by Crippen LogP contribution is -2.30. The zero-order chi connectivity index (χ0) is 7.61. The lowest BCUT2D eigenvalue weighted by atomic mass is 9.71. The molecule has 0 amide bonds. The highest BCUT2D eigenvalue weighted by atomic mass is 16.1. The van der Waals surface area contributed by atoms with Gasteiger partial charge in [0.2, 0.25) is 0 Å². The van der Waals surface area contributed by atoms with Crippen LogP contribution in [0.5, 0.6) is 0 Å². The fourth-order valence-corrected chi connectivity index (χ4v) is 6.24. The van der Waals surface area contributed by atoms with Crippen molar-refractivity contribution in [3.05, 3.63) is 0 Å². The van der Waals surface area contributed by atoms with Crippen molar-refractivity contribution in [2.24, 2.45) is 47.3 Å². The summed E-state index contributed by atoms with van der Waals surface area (Å²) in [7, 11) is 0. The summed E-state index contributed by atoms with van der Waals surface area (Å²) in [6.45, 7) is 0. The molecule has 6 bridgehead atoms. The summed E-state index contributed by atoms with van der Waals surface area (Å²) in [6, 6.07) is 0. The van der Waals surface area contributed by atoms with E-state index in [1.165, 1.54) is 12.8 Å². The predicted molar refractivity (Wildman–Crippen MR) is 42.2 cm³/mol. The largest absolute Gasteiger partial charge is 0.299 e. The molecule has 0 saturated heterocycles. The molecule has 0 aromatic rings. The Kier molecular flexibility index (Phi) is 0.547. The molecular formula is C11H12O. The Morgan fingerprint density at radius 2 is 1.33 bits per heavy atom. The molecule has 0 spiro atoms. The third-order valence-corrected chi connectivity index (χ3v) is 6.03. The number of ketones is 1. The molecule has 62 valence electrons. The average Bonchev–Trinajstić information content (AvgIpc) is 2.68. The second-order valence-electron chi connectivity index (χ2n) is 5.74. The molecule has 8 atom stereocenters. The Morgan fingerprint density at radius 1 is 0.833 bits per heavy atom. The van der Waals surface area contributed by atoms with E-state index in [1.54, 1.807) is 0 Å². The van der Waals surface area contributed by atoms with Crippen LogP contribution >= 0.6 is 0 Å². The molecule has 6 aliphatic rings. The van der Waals surface area contributed by atoms with Crippen LogP contribution in [0.2, 0.25) is 0 Å². The van der Waals surface area contributed by atoms with E-state index in [0.29, 0.717) is 17.6 Å². The van der Waals surface area contributed by atoms with Crippen LogP contribution in [0.25, 0.3) is 0 Å². The molecular weight excluding hydrogens is 148 g/mol. The van der Waals surface area contributed by atoms with E-state index >= 15 is 0 Å². The van der Waals surface area contributed by atoms with Gasteiger partial charge in [-0.25, -0.2) is 0 Å². The van der Waals surface area contributed by atoms with Crippen LogP contribution in [0.15, 0.2) is 0 Å². The van der Waals surface area contributed by atoms with Crippen LogP contribution in [0.4, 0.5) is 0 Å². The molecule has 6 rings (SSSR count). The van der Waals surface area contributed by atoms with Crippen LogP contribution in [-0.2, 0) is 4.79 Å². The maximum absolute atomic E-state index is 11.9. The molecule has 1 heteroatoms. The summed E-state index contributed by atoms with van der Waals surface area (Å²) in [6.07, 6.45) is 2.90. The second-order valence-corrected chi connectivity index (χ2v) is 5.74. The van der Waals surface area contributed by atoms with Crippen LogP contribution in [0.1, 0.15) is 12.8 Å². The summed E-state index contributed by atoms with van der Waals surface area (Å²) in [5.41, 5.74) is 0. The van der Waals surface area contributed by atoms with Crippen LogP contribution < -0.4 is 0 Å². The normalized spacial score (nSPS) is 79.2. The van der Waals surface area contributed by atoms with Gasteiger partial charge in [0.25, 0.3) is 0 Å². The molecule has 0 radical (unpaired) electrons. The highest BCUT2D eigenvalue weighted by molar-refractivity contribution is 5.91. The number of rotatable bonds is 0. The summed E-state index contributed by atoms with van der Waals surface area (Å²) in [5.74, 6) is 7.54. The van der Waals surface area contributed by atoms with Gasteiger partial charge < -0.3 is 0 Å². The SMILES string of the molecule is O=C1[C@@H]2[C@@H]3C[C@H]4[C@H]5C[C@H]([C@H]1[C@H]53)[C@@H]42. The first-order chi connectivity index (χ1) is 5.88. The van der Waals surface area contributed by atoms with Gasteiger partial charge in [-0.2, -0.15) is 0 Å². The zero-order valence-corrected chi connectivity index (χ0v) is 6.94. The maximum Gasteiger partial charge on any atom is 0.140 e. The average molecular weight is 160 g/mol. The van der Waals surface area contributed by atoms with Crippen LogP contribution in [0.3, 0.4) is 0 Å². The first-order valence-corrected chi connectivity index (χ1v) is 5.41. The van der Waals surface area contributed by atoms with Gasteiger partial charge in [-0.15, -0.1) is 0 Å². The minimum absolute atomic E-state index is 0.591. The number of Topliss-reactive ketones (excluding diaryl/α,β-unsaturated/α-hetero) is 1. The summed E-state index contributed by atoms with van der Waals surface area (Å²) in [5, 5.41) is 0. The van der Waals surface area contributed by atoms with Crippen LogP contribution in [0, 0.1) is 47.3 Å². The topological polar surface area (TPSA) is 17.1 Å². The monoisotopic (exact) mass is 160 g/mol. The van der Waals surface area contributed by atoms with Crippen LogP contribution in [-0.4, -0.2) is 5.78 Å². The number of carbonyl (C=O) groups excluding carboxylic acids is 1. The second kappa shape index (κ2) is 1.21. The predicted octanol–water partition coefficient (Wildman–Crippen LogP) is 1.33. The number of hydrogen-bond donors (Lipinski definition) is 0.